The van der Waals surface area contributed by atoms with Crippen LogP contribution >= 0.6 is 11.6 Å². The Balaban J connectivity index is 2.33. The third kappa shape index (κ3) is 2.78. The third-order valence-corrected chi connectivity index (χ3v) is 3.20. The number of anilines is 1. The molecule has 0 atom stereocenters. The fraction of sp³-hybridized carbons (Fsp3) is 0.0714. The molecule has 1 aromatic heterocycles. The molecule has 0 aliphatic carbocycles. The molecule has 0 aliphatic rings. The number of amides is 1. The number of aryl methyl sites for hydroxylation is 1. The Labute approximate surface area is 120 Å². The van der Waals surface area contributed by atoms with Crippen molar-refractivity contribution in [2.45, 2.75) is 6.92 Å². The van der Waals surface area contributed by atoms with Crippen LogP contribution in [0.15, 0.2) is 36.5 Å². The number of carboxylic acids is 1. The van der Waals surface area contributed by atoms with E-state index >= 15 is 0 Å². The first-order valence-corrected chi connectivity index (χ1v) is 6.13. The molecule has 2 rings (SSSR count). The number of pyridine rings is 1. The van der Waals surface area contributed by atoms with Gasteiger partial charge in [0.15, 0.2) is 5.69 Å². The lowest BCUT2D eigenvalue weighted by Crippen LogP contribution is -2.16. The van der Waals surface area contributed by atoms with Crippen molar-refractivity contribution < 1.29 is 14.7 Å². The molecule has 0 bridgehead atoms. The molecule has 0 radical (unpaired) electrons. The Morgan fingerprint density at radius 2 is 2.00 bits per heavy atom. The van der Waals surface area contributed by atoms with Crippen LogP contribution in [0.2, 0.25) is 5.02 Å². The normalized spacial score (nSPS) is 10.1. The van der Waals surface area contributed by atoms with E-state index in [0.717, 1.165) is 5.56 Å². The third-order valence-electron chi connectivity index (χ3n) is 2.69. The summed E-state index contributed by atoms with van der Waals surface area (Å²) in [6, 6.07) is 8.07. The fourth-order valence-corrected chi connectivity index (χ4v) is 1.90. The lowest BCUT2D eigenvalue weighted by Gasteiger charge is -2.09. The van der Waals surface area contributed by atoms with Gasteiger partial charge >= 0.3 is 5.97 Å². The molecule has 102 valence electrons. The van der Waals surface area contributed by atoms with Crippen LogP contribution in [0.1, 0.15) is 26.4 Å². The SMILES string of the molecule is Cc1cccc(C(=O)Nc2cccnc2C(=O)O)c1Cl. The average Bonchev–Trinajstić information content (AvgIpc) is 2.42. The van der Waals surface area contributed by atoms with E-state index in [9.17, 15) is 9.59 Å². The average molecular weight is 291 g/mol. The van der Waals surface area contributed by atoms with Crippen molar-refractivity contribution in [2.24, 2.45) is 0 Å². The highest BCUT2D eigenvalue weighted by atomic mass is 35.5. The van der Waals surface area contributed by atoms with Gasteiger partial charge in [-0.1, -0.05) is 23.7 Å². The molecule has 6 heteroatoms. The van der Waals surface area contributed by atoms with E-state index < -0.39 is 11.9 Å². The van der Waals surface area contributed by atoms with Gasteiger partial charge in [-0.3, -0.25) is 4.79 Å². The smallest absolute Gasteiger partial charge is 0.356 e. The number of nitrogens with zero attached hydrogens (tertiary/aromatic N) is 1. The quantitative estimate of drug-likeness (QED) is 0.911. The minimum atomic E-state index is -1.21. The predicted octanol–water partition coefficient (Wildman–Crippen LogP) is 2.99. The second-order valence-electron chi connectivity index (χ2n) is 4.10. The van der Waals surface area contributed by atoms with Crippen LogP contribution < -0.4 is 5.32 Å². The van der Waals surface area contributed by atoms with Crippen molar-refractivity contribution in [1.29, 1.82) is 0 Å². The highest BCUT2D eigenvalue weighted by molar-refractivity contribution is 6.35. The summed E-state index contributed by atoms with van der Waals surface area (Å²) in [5, 5.41) is 11.9. The summed E-state index contributed by atoms with van der Waals surface area (Å²) in [5.74, 6) is -1.69. The highest BCUT2D eigenvalue weighted by Gasteiger charge is 2.16. The molecular weight excluding hydrogens is 280 g/mol. The number of aromatic nitrogens is 1. The van der Waals surface area contributed by atoms with Gasteiger partial charge in [-0.05, 0) is 30.7 Å². The van der Waals surface area contributed by atoms with Crippen LogP contribution in [0.3, 0.4) is 0 Å². The zero-order valence-electron chi connectivity index (χ0n) is 10.6. The minimum Gasteiger partial charge on any atom is -0.476 e. The maximum absolute atomic E-state index is 12.1. The summed E-state index contributed by atoms with van der Waals surface area (Å²) >= 11 is 6.06. The molecule has 0 unspecified atom stereocenters. The van der Waals surface area contributed by atoms with Gasteiger partial charge < -0.3 is 10.4 Å². The van der Waals surface area contributed by atoms with Crippen molar-refractivity contribution in [3.63, 3.8) is 0 Å². The summed E-state index contributed by atoms with van der Waals surface area (Å²) in [4.78, 5) is 26.9. The Morgan fingerprint density at radius 3 is 2.70 bits per heavy atom. The predicted molar refractivity (Wildman–Crippen MR) is 75.3 cm³/mol. The van der Waals surface area contributed by atoms with E-state index in [1.54, 1.807) is 31.2 Å². The first-order valence-electron chi connectivity index (χ1n) is 5.75. The lowest BCUT2D eigenvalue weighted by atomic mass is 10.1. The van der Waals surface area contributed by atoms with Crippen molar-refractivity contribution in [3.05, 3.63) is 58.4 Å². The molecule has 5 nitrogen and oxygen atoms in total. The monoisotopic (exact) mass is 290 g/mol. The van der Waals surface area contributed by atoms with Gasteiger partial charge in [0.2, 0.25) is 0 Å². The molecule has 2 N–H and O–H groups in total. The van der Waals surface area contributed by atoms with Gasteiger partial charge in [0.25, 0.3) is 5.91 Å². The van der Waals surface area contributed by atoms with Crippen LogP contribution in [-0.2, 0) is 0 Å². The molecule has 20 heavy (non-hydrogen) atoms. The molecule has 0 saturated carbocycles. The molecular formula is C14H11ClN2O3. The Bertz CT molecular complexity index is 686. The fourth-order valence-electron chi connectivity index (χ4n) is 1.69. The summed E-state index contributed by atoms with van der Waals surface area (Å²) in [6.45, 7) is 1.78. The van der Waals surface area contributed by atoms with Gasteiger partial charge in [-0.15, -0.1) is 0 Å². The number of halogens is 1. The standard InChI is InChI=1S/C14H11ClN2O3/c1-8-4-2-5-9(11(8)15)13(18)17-10-6-3-7-16-12(10)14(19)20/h2-7H,1H3,(H,17,18)(H,19,20). The van der Waals surface area contributed by atoms with Crippen LogP contribution in [0, 0.1) is 6.92 Å². The number of hydrogen-bond acceptors (Lipinski definition) is 3. The number of nitrogens with one attached hydrogen (secondary N) is 1. The Morgan fingerprint density at radius 1 is 1.25 bits per heavy atom. The summed E-state index contributed by atoms with van der Waals surface area (Å²) in [5.41, 5.74) is 0.961. The molecule has 0 fully saturated rings. The van der Waals surface area contributed by atoms with Gasteiger partial charge in [-0.2, -0.15) is 0 Å². The van der Waals surface area contributed by atoms with Crippen LogP contribution in [0.25, 0.3) is 0 Å². The molecule has 2 aromatic rings. The number of carboxylic acid groups (broad SMARTS) is 1. The van der Waals surface area contributed by atoms with Crippen molar-refractivity contribution in [2.75, 3.05) is 5.32 Å². The van der Waals surface area contributed by atoms with E-state index in [2.05, 4.69) is 10.3 Å². The number of carbonyl (C=O) groups is 2. The molecule has 1 aromatic carbocycles. The zero-order chi connectivity index (χ0) is 14.7. The maximum atomic E-state index is 12.1. The lowest BCUT2D eigenvalue weighted by molar-refractivity contribution is 0.0692. The van der Waals surface area contributed by atoms with Gasteiger partial charge in [0, 0.05) is 6.20 Å². The van der Waals surface area contributed by atoms with E-state index in [4.69, 9.17) is 16.7 Å². The number of hydrogen-bond donors (Lipinski definition) is 2. The number of rotatable bonds is 3. The Kier molecular flexibility index (Phi) is 4.00. The summed E-state index contributed by atoms with van der Waals surface area (Å²) in [7, 11) is 0. The van der Waals surface area contributed by atoms with Crippen LogP contribution in [0.4, 0.5) is 5.69 Å². The minimum absolute atomic E-state index is 0.127. The first-order chi connectivity index (χ1) is 9.50. The Hall–Kier alpha value is -2.40. The first kappa shape index (κ1) is 14.0. The number of aromatic carboxylic acids is 1. The van der Waals surface area contributed by atoms with Crippen molar-refractivity contribution >= 4 is 29.2 Å². The summed E-state index contributed by atoms with van der Waals surface area (Å²) < 4.78 is 0. The molecule has 0 aliphatic heterocycles. The number of carbonyl (C=O) groups excluding carboxylic acids is 1. The topological polar surface area (TPSA) is 79.3 Å². The second-order valence-corrected chi connectivity index (χ2v) is 4.47. The number of benzene rings is 1. The van der Waals surface area contributed by atoms with E-state index in [-0.39, 0.29) is 16.9 Å². The van der Waals surface area contributed by atoms with Gasteiger partial charge in [0.05, 0.1) is 16.3 Å². The molecule has 1 amide bonds. The van der Waals surface area contributed by atoms with E-state index in [0.29, 0.717) is 5.02 Å². The van der Waals surface area contributed by atoms with Crippen molar-refractivity contribution in [1.82, 2.24) is 4.98 Å². The largest absolute Gasteiger partial charge is 0.476 e. The van der Waals surface area contributed by atoms with Crippen molar-refractivity contribution in [3.8, 4) is 0 Å². The molecule has 1 heterocycles. The van der Waals surface area contributed by atoms with E-state index in [1.165, 1.54) is 12.3 Å². The zero-order valence-corrected chi connectivity index (χ0v) is 11.3. The van der Waals surface area contributed by atoms with Crippen LogP contribution in [-0.4, -0.2) is 22.0 Å². The maximum Gasteiger partial charge on any atom is 0.356 e. The second kappa shape index (κ2) is 5.71. The van der Waals surface area contributed by atoms with E-state index in [1.807, 2.05) is 0 Å². The summed E-state index contributed by atoms with van der Waals surface area (Å²) in [6.07, 6.45) is 1.35. The van der Waals surface area contributed by atoms with Gasteiger partial charge in [-0.25, -0.2) is 9.78 Å². The molecule has 0 spiro atoms. The molecule has 0 saturated heterocycles. The van der Waals surface area contributed by atoms with Crippen LogP contribution in [0.5, 0.6) is 0 Å². The van der Waals surface area contributed by atoms with Gasteiger partial charge in [0.1, 0.15) is 0 Å². The highest BCUT2D eigenvalue weighted by Crippen LogP contribution is 2.22.